The monoisotopic (exact) mass is 530 g/mol. The minimum Gasteiger partial charge on any atom is -0.480 e. The zero-order valence-electron chi connectivity index (χ0n) is 20.9. The molecule has 11 heteroatoms. The summed E-state index contributed by atoms with van der Waals surface area (Å²) in [5.41, 5.74) is 8.47. The van der Waals surface area contributed by atoms with Crippen LogP contribution in [0, 0.1) is 18.3 Å². The van der Waals surface area contributed by atoms with Gasteiger partial charge in [-0.1, -0.05) is 12.8 Å². The number of hydrogen-bond donors (Lipinski definition) is 2. The fraction of sp³-hybridized carbons (Fsp3) is 0.259. The van der Waals surface area contributed by atoms with Crippen LogP contribution < -0.4 is 20.8 Å². The number of aromatic nitrogens is 3. The second-order valence-electron chi connectivity index (χ2n) is 9.26. The van der Waals surface area contributed by atoms with Crippen LogP contribution in [0.1, 0.15) is 43.0 Å². The number of nitrogens with one attached hydrogen (secondary N) is 1. The Bertz CT molecular complexity index is 1750. The third kappa shape index (κ3) is 4.54. The van der Waals surface area contributed by atoms with E-state index >= 15 is 0 Å². The van der Waals surface area contributed by atoms with E-state index in [1.54, 1.807) is 16.7 Å². The van der Waals surface area contributed by atoms with E-state index in [4.69, 9.17) is 15.7 Å². The van der Waals surface area contributed by atoms with Crippen molar-refractivity contribution < 1.29 is 13.2 Å². The van der Waals surface area contributed by atoms with Gasteiger partial charge in [-0.3, -0.25) is 9.52 Å². The number of nitrogens with two attached hydrogens (primary N) is 1. The largest absolute Gasteiger partial charge is 0.480 e. The summed E-state index contributed by atoms with van der Waals surface area (Å²) in [6.07, 6.45) is 5.33. The Morgan fingerprint density at radius 2 is 1.87 bits per heavy atom. The van der Waals surface area contributed by atoms with Crippen LogP contribution in [0.4, 0.5) is 11.5 Å². The molecule has 10 nitrogen and oxygen atoms in total. The Kier molecular flexibility index (Phi) is 6.50. The lowest BCUT2D eigenvalue weighted by Crippen LogP contribution is -2.26. The summed E-state index contributed by atoms with van der Waals surface area (Å²) in [5.74, 6) is 0.396. The van der Waals surface area contributed by atoms with E-state index in [1.165, 1.54) is 43.6 Å². The standard InChI is InChI=1S/C27H26N6O4S/c1-16-21-12-22(27(34)33(19-5-3-4-6-19)24(21)13-25(29)31-16)18-11-23(26(37-2)30-15-18)32-38(35,36)20-9-7-17(14-28)8-10-20/h7-13,15,19,32H,3-6H2,1-2H3,(H2,29,31). The molecule has 1 fully saturated rings. The van der Waals surface area contributed by atoms with Gasteiger partial charge in [0.05, 0.1) is 29.2 Å². The highest BCUT2D eigenvalue weighted by Gasteiger charge is 2.24. The summed E-state index contributed by atoms with van der Waals surface area (Å²) in [6, 6.07) is 12.5. The van der Waals surface area contributed by atoms with Gasteiger partial charge in [-0.25, -0.2) is 18.4 Å². The fourth-order valence-corrected chi connectivity index (χ4v) is 6.04. The fourth-order valence-electron chi connectivity index (χ4n) is 4.99. The first-order valence-electron chi connectivity index (χ1n) is 12.1. The van der Waals surface area contributed by atoms with Crippen molar-refractivity contribution in [3.8, 4) is 23.1 Å². The highest BCUT2D eigenvalue weighted by molar-refractivity contribution is 7.92. The van der Waals surface area contributed by atoms with E-state index in [0.29, 0.717) is 28.2 Å². The number of hydrogen-bond acceptors (Lipinski definition) is 8. The second kappa shape index (κ2) is 9.79. The quantitative estimate of drug-likeness (QED) is 0.377. The first-order chi connectivity index (χ1) is 18.2. The molecule has 0 amide bonds. The number of sulfonamides is 1. The van der Waals surface area contributed by atoms with Crippen molar-refractivity contribution in [3.63, 3.8) is 0 Å². The molecule has 3 N–H and O–H groups in total. The third-order valence-corrected chi connectivity index (χ3v) is 8.21. The van der Waals surface area contributed by atoms with Crippen molar-refractivity contribution in [1.82, 2.24) is 14.5 Å². The molecule has 0 saturated heterocycles. The minimum atomic E-state index is -4.03. The summed E-state index contributed by atoms with van der Waals surface area (Å²) in [6.45, 7) is 1.84. The van der Waals surface area contributed by atoms with Crippen LogP contribution in [0.3, 0.4) is 0 Å². The van der Waals surface area contributed by atoms with Crippen molar-refractivity contribution in [2.45, 2.75) is 43.5 Å². The maximum atomic E-state index is 13.9. The van der Waals surface area contributed by atoms with Gasteiger partial charge < -0.3 is 15.0 Å². The molecule has 0 radical (unpaired) electrons. The summed E-state index contributed by atoms with van der Waals surface area (Å²) in [5, 5.41) is 9.79. The molecule has 1 aliphatic carbocycles. The Labute approximate surface area is 219 Å². The van der Waals surface area contributed by atoms with Crippen LogP contribution >= 0.6 is 0 Å². The summed E-state index contributed by atoms with van der Waals surface area (Å²) >= 11 is 0. The number of ether oxygens (including phenoxy) is 1. The number of nitrogen functional groups attached to an aromatic ring is 1. The molecule has 194 valence electrons. The van der Waals surface area contributed by atoms with E-state index in [1.807, 2.05) is 13.0 Å². The summed E-state index contributed by atoms with van der Waals surface area (Å²) < 4.78 is 35.8. The second-order valence-corrected chi connectivity index (χ2v) is 10.9. The van der Waals surface area contributed by atoms with Gasteiger partial charge in [0, 0.05) is 40.5 Å². The van der Waals surface area contributed by atoms with Crippen LogP contribution in [0.15, 0.2) is 58.4 Å². The van der Waals surface area contributed by atoms with Crippen molar-refractivity contribution in [2.75, 3.05) is 17.6 Å². The molecule has 0 bridgehead atoms. The zero-order chi connectivity index (χ0) is 27.0. The van der Waals surface area contributed by atoms with E-state index < -0.39 is 10.0 Å². The van der Waals surface area contributed by atoms with Gasteiger partial charge in [-0.15, -0.1) is 0 Å². The molecule has 0 spiro atoms. The molecule has 1 aliphatic rings. The maximum Gasteiger partial charge on any atom is 0.262 e. The van der Waals surface area contributed by atoms with Gasteiger partial charge in [-0.05, 0) is 56.2 Å². The molecule has 1 aromatic carbocycles. The van der Waals surface area contributed by atoms with Gasteiger partial charge in [0.2, 0.25) is 5.88 Å². The average Bonchev–Trinajstić information content (AvgIpc) is 3.42. The molecule has 0 unspecified atom stereocenters. The number of aryl methyl sites for hydroxylation is 1. The molecule has 38 heavy (non-hydrogen) atoms. The van der Waals surface area contributed by atoms with Crippen LogP contribution in [0.5, 0.6) is 5.88 Å². The minimum absolute atomic E-state index is 0.0301. The normalized spacial score (nSPS) is 13.9. The van der Waals surface area contributed by atoms with Crippen molar-refractivity contribution in [1.29, 1.82) is 5.26 Å². The lowest BCUT2D eigenvalue weighted by molar-refractivity contribution is 0.400. The summed E-state index contributed by atoms with van der Waals surface area (Å²) in [4.78, 5) is 22.5. The number of fused-ring (bicyclic) bond motifs is 1. The number of pyridine rings is 3. The van der Waals surface area contributed by atoms with Gasteiger partial charge in [0.1, 0.15) is 11.5 Å². The Balaban J connectivity index is 1.65. The van der Waals surface area contributed by atoms with Crippen molar-refractivity contribution in [2.24, 2.45) is 0 Å². The number of benzene rings is 1. The lowest BCUT2D eigenvalue weighted by atomic mass is 10.0. The molecular weight excluding hydrogens is 504 g/mol. The smallest absolute Gasteiger partial charge is 0.262 e. The molecule has 4 aromatic rings. The highest BCUT2D eigenvalue weighted by Crippen LogP contribution is 2.35. The lowest BCUT2D eigenvalue weighted by Gasteiger charge is -2.20. The van der Waals surface area contributed by atoms with Crippen molar-refractivity contribution in [3.05, 3.63) is 70.3 Å². The average molecular weight is 531 g/mol. The predicted molar refractivity (Wildman–Crippen MR) is 144 cm³/mol. The molecule has 0 atom stereocenters. The molecule has 3 heterocycles. The zero-order valence-corrected chi connectivity index (χ0v) is 21.7. The van der Waals surface area contributed by atoms with Crippen LogP contribution in [0.2, 0.25) is 0 Å². The highest BCUT2D eigenvalue weighted by atomic mass is 32.2. The molecule has 0 aliphatic heterocycles. The molecular formula is C27H26N6O4S. The number of rotatable bonds is 6. The number of anilines is 2. The van der Waals surface area contributed by atoms with Gasteiger partial charge in [0.15, 0.2) is 0 Å². The molecule has 5 rings (SSSR count). The third-order valence-electron chi connectivity index (χ3n) is 6.83. The molecule has 1 saturated carbocycles. The number of nitriles is 1. The van der Waals surface area contributed by atoms with E-state index in [0.717, 1.165) is 36.6 Å². The predicted octanol–water partition coefficient (Wildman–Crippen LogP) is 4.15. The number of nitrogens with zero attached hydrogens (tertiary/aromatic N) is 4. The van der Waals surface area contributed by atoms with Crippen LogP contribution in [-0.4, -0.2) is 30.1 Å². The SMILES string of the molecule is COc1ncc(-c2cc3c(C)nc(N)cc3n(C3CCCC3)c2=O)cc1NS(=O)(=O)c1ccc(C#N)cc1. The van der Waals surface area contributed by atoms with Gasteiger partial charge in [0.25, 0.3) is 15.6 Å². The topological polar surface area (TPSA) is 153 Å². The first-order valence-corrected chi connectivity index (χ1v) is 13.6. The van der Waals surface area contributed by atoms with E-state index in [-0.39, 0.29) is 28.1 Å². The van der Waals surface area contributed by atoms with E-state index in [2.05, 4.69) is 14.7 Å². The Morgan fingerprint density at radius 3 is 2.53 bits per heavy atom. The van der Waals surface area contributed by atoms with E-state index in [9.17, 15) is 13.2 Å². The van der Waals surface area contributed by atoms with Gasteiger partial charge >= 0.3 is 0 Å². The van der Waals surface area contributed by atoms with Crippen molar-refractivity contribution >= 4 is 32.4 Å². The van der Waals surface area contributed by atoms with Crippen LogP contribution in [-0.2, 0) is 10.0 Å². The Hall–Kier alpha value is -4.43. The van der Waals surface area contributed by atoms with Crippen LogP contribution in [0.25, 0.3) is 22.0 Å². The molecule has 3 aromatic heterocycles. The Morgan fingerprint density at radius 1 is 1.16 bits per heavy atom. The number of methoxy groups -OCH3 is 1. The summed E-state index contributed by atoms with van der Waals surface area (Å²) in [7, 11) is -2.65. The first kappa shape index (κ1) is 25.2. The van der Waals surface area contributed by atoms with Gasteiger partial charge in [-0.2, -0.15) is 5.26 Å². The maximum absolute atomic E-state index is 13.9.